The average Bonchev–Trinajstić information content (AvgIpc) is 3.08. The molecular weight excluding hydrogens is 276 g/mol. The van der Waals surface area contributed by atoms with Crippen LogP contribution in [0.4, 0.5) is 8.78 Å². The van der Waals surface area contributed by atoms with E-state index in [1.807, 2.05) is 0 Å². The highest BCUT2D eigenvalue weighted by Gasteiger charge is 2.34. The molecule has 4 nitrogen and oxygen atoms in total. The number of imidazole rings is 1. The van der Waals surface area contributed by atoms with Gasteiger partial charge in [0.25, 0.3) is 0 Å². The van der Waals surface area contributed by atoms with Gasteiger partial charge in [-0.2, -0.15) is 8.78 Å². The first-order valence-corrected chi connectivity index (χ1v) is 6.97. The molecule has 1 saturated carbocycles. The summed E-state index contributed by atoms with van der Waals surface area (Å²) in [7, 11) is 0. The summed E-state index contributed by atoms with van der Waals surface area (Å²) in [6, 6.07) is 6.64. The molecule has 1 aliphatic carbocycles. The lowest BCUT2D eigenvalue weighted by Crippen LogP contribution is -2.34. The first-order chi connectivity index (χ1) is 10.1. The topological polar surface area (TPSA) is 63.9 Å². The number of benzene rings is 1. The summed E-state index contributed by atoms with van der Waals surface area (Å²) in [6.45, 7) is -2.86. The maximum Gasteiger partial charge on any atom is 0.387 e. The third kappa shape index (κ3) is 2.76. The molecule has 0 saturated heterocycles. The summed E-state index contributed by atoms with van der Waals surface area (Å²) < 4.78 is 29.5. The number of hydrogen-bond donors (Lipinski definition) is 2. The lowest BCUT2D eigenvalue weighted by molar-refractivity contribution is -0.0494. The summed E-state index contributed by atoms with van der Waals surface area (Å²) in [5, 5.41) is 0. The predicted octanol–water partition coefficient (Wildman–Crippen LogP) is 3.41. The molecule has 0 aliphatic heterocycles. The Bertz CT molecular complexity index is 621. The van der Waals surface area contributed by atoms with Crippen LogP contribution in [0.5, 0.6) is 5.75 Å². The fraction of sp³-hybridized carbons (Fsp3) is 0.400. The zero-order valence-electron chi connectivity index (χ0n) is 11.5. The van der Waals surface area contributed by atoms with Crippen LogP contribution in [0.2, 0.25) is 0 Å². The molecular formula is C15H17F2N3O. The number of hydrogen-bond acceptors (Lipinski definition) is 3. The van der Waals surface area contributed by atoms with E-state index >= 15 is 0 Å². The molecule has 3 rings (SSSR count). The van der Waals surface area contributed by atoms with Crippen LogP contribution < -0.4 is 10.5 Å². The molecule has 21 heavy (non-hydrogen) atoms. The summed E-state index contributed by atoms with van der Waals surface area (Å²) in [5.74, 6) is 0.835. The number of alkyl halides is 2. The van der Waals surface area contributed by atoms with Crippen molar-refractivity contribution in [1.82, 2.24) is 9.97 Å². The van der Waals surface area contributed by atoms with Crippen molar-refractivity contribution in [3.8, 4) is 17.0 Å². The van der Waals surface area contributed by atoms with E-state index in [0.717, 1.165) is 25.7 Å². The van der Waals surface area contributed by atoms with Gasteiger partial charge in [0, 0.05) is 5.56 Å². The van der Waals surface area contributed by atoms with E-state index in [2.05, 4.69) is 14.7 Å². The van der Waals surface area contributed by atoms with Crippen LogP contribution in [0.25, 0.3) is 11.3 Å². The van der Waals surface area contributed by atoms with Gasteiger partial charge in [0.1, 0.15) is 11.6 Å². The number of halogens is 2. The quantitative estimate of drug-likeness (QED) is 0.908. The first-order valence-electron chi connectivity index (χ1n) is 6.97. The third-order valence-corrected chi connectivity index (χ3v) is 3.94. The largest absolute Gasteiger partial charge is 0.434 e. The summed E-state index contributed by atoms with van der Waals surface area (Å²) in [4.78, 5) is 7.51. The highest BCUT2D eigenvalue weighted by molar-refractivity contribution is 5.66. The Kier molecular flexibility index (Phi) is 3.63. The zero-order chi connectivity index (χ0) is 14.9. The van der Waals surface area contributed by atoms with E-state index in [0.29, 0.717) is 17.1 Å². The minimum atomic E-state index is -2.86. The Balaban J connectivity index is 1.93. The van der Waals surface area contributed by atoms with Crippen molar-refractivity contribution in [2.45, 2.75) is 37.8 Å². The van der Waals surface area contributed by atoms with Crippen LogP contribution in [0.1, 0.15) is 31.5 Å². The number of nitrogens with one attached hydrogen (secondary N) is 1. The lowest BCUT2D eigenvalue weighted by atomic mass is 9.99. The number of nitrogens with two attached hydrogens (primary N) is 1. The molecule has 1 aliphatic rings. The molecule has 0 radical (unpaired) electrons. The van der Waals surface area contributed by atoms with Crippen LogP contribution in [-0.2, 0) is 5.54 Å². The van der Waals surface area contributed by atoms with Crippen LogP contribution in [0.3, 0.4) is 0 Å². The summed E-state index contributed by atoms with van der Waals surface area (Å²) >= 11 is 0. The first kappa shape index (κ1) is 14.0. The fourth-order valence-corrected chi connectivity index (χ4v) is 2.84. The Hall–Kier alpha value is -1.95. The maximum atomic E-state index is 12.5. The van der Waals surface area contributed by atoms with Crippen molar-refractivity contribution in [3.63, 3.8) is 0 Å². The second-order valence-electron chi connectivity index (χ2n) is 5.38. The van der Waals surface area contributed by atoms with E-state index in [1.165, 1.54) is 6.07 Å². The van der Waals surface area contributed by atoms with Gasteiger partial charge in [-0.05, 0) is 25.0 Å². The van der Waals surface area contributed by atoms with E-state index in [4.69, 9.17) is 5.73 Å². The minimum absolute atomic E-state index is 0.125. The molecule has 0 atom stereocenters. The zero-order valence-corrected chi connectivity index (χ0v) is 11.5. The van der Waals surface area contributed by atoms with Gasteiger partial charge in [0.2, 0.25) is 0 Å². The molecule has 1 aromatic heterocycles. The van der Waals surface area contributed by atoms with Crippen molar-refractivity contribution in [3.05, 3.63) is 36.3 Å². The second-order valence-corrected chi connectivity index (χ2v) is 5.38. The highest BCUT2D eigenvalue weighted by atomic mass is 19.3. The van der Waals surface area contributed by atoms with Crippen molar-refractivity contribution in [1.29, 1.82) is 0 Å². The number of aromatic amines is 1. The van der Waals surface area contributed by atoms with Gasteiger partial charge in [-0.3, -0.25) is 0 Å². The number of rotatable bonds is 4. The molecule has 0 amide bonds. The lowest BCUT2D eigenvalue weighted by Gasteiger charge is -2.20. The standard InChI is InChI=1S/C15H17F2N3O/c16-14(17)21-12-6-2-1-5-10(12)11-9-19-13(20-11)15(18)7-3-4-8-15/h1-2,5-6,9,14H,3-4,7-8,18H2,(H,19,20). The molecule has 2 aromatic rings. The van der Waals surface area contributed by atoms with Gasteiger partial charge in [-0.1, -0.05) is 25.0 Å². The van der Waals surface area contributed by atoms with Gasteiger partial charge in [0.15, 0.2) is 0 Å². The van der Waals surface area contributed by atoms with Crippen LogP contribution >= 0.6 is 0 Å². The number of para-hydroxylation sites is 1. The van der Waals surface area contributed by atoms with E-state index < -0.39 is 12.2 Å². The van der Waals surface area contributed by atoms with Crippen molar-refractivity contribution >= 4 is 0 Å². The molecule has 0 unspecified atom stereocenters. The molecule has 1 heterocycles. The smallest absolute Gasteiger partial charge is 0.387 e. The molecule has 1 fully saturated rings. The Morgan fingerprint density at radius 2 is 1.95 bits per heavy atom. The van der Waals surface area contributed by atoms with Gasteiger partial charge >= 0.3 is 6.61 Å². The molecule has 3 N–H and O–H groups in total. The Morgan fingerprint density at radius 3 is 2.67 bits per heavy atom. The van der Waals surface area contributed by atoms with Gasteiger partial charge in [-0.25, -0.2) is 4.98 Å². The number of aromatic nitrogens is 2. The van der Waals surface area contributed by atoms with E-state index in [1.54, 1.807) is 24.4 Å². The van der Waals surface area contributed by atoms with Gasteiger partial charge in [-0.15, -0.1) is 0 Å². The second kappa shape index (κ2) is 5.44. The maximum absolute atomic E-state index is 12.5. The monoisotopic (exact) mass is 293 g/mol. The van der Waals surface area contributed by atoms with Crippen LogP contribution in [0, 0.1) is 0 Å². The van der Waals surface area contributed by atoms with Gasteiger partial charge < -0.3 is 15.5 Å². The highest BCUT2D eigenvalue weighted by Crippen LogP contribution is 2.36. The third-order valence-electron chi connectivity index (χ3n) is 3.94. The van der Waals surface area contributed by atoms with Crippen LogP contribution in [0.15, 0.2) is 30.5 Å². The number of ether oxygens (including phenoxy) is 1. The average molecular weight is 293 g/mol. The molecule has 0 bridgehead atoms. The molecule has 112 valence electrons. The molecule has 6 heteroatoms. The van der Waals surface area contributed by atoms with Crippen molar-refractivity contribution in [2.24, 2.45) is 5.73 Å². The van der Waals surface area contributed by atoms with Crippen molar-refractivity contribution in [2.75, 3.05) is 0 Å². The normalized spacial score (nSPS) is 17.3. The number of nitrogens with zero attached hydrogens (tertiary/aromatic N) is 1. The van der Waals surface area contributed by atoms with E-state index in [-0.39, 0.29) is 5.75 Å². The Morgan fingerprint density at radius 1 is 1.24 bits per heavy atom. The molecule has 1 aromatic carbocycles. The summed E-state index contributed by atoms with van der Waals surface area (Å²) in [6.07, 6.45) is 5.55. The SMILES string of the molecule is NC1(c2ncc(-c3ccccc3OC(F)F)[nH]2)CCCC1. The predicted molar refractivity (Wildman–Crippen MR) is 75.0 cm³/mol. The molecule has 0 spiro atoms. The summed E-state index contributed by atoms with van der Waals surface area (Å²) in [5.41, 5.74) is 7.10. The van der Waals surface area contributed by atoms with Crippen molar-refractivity contribution < 1.29 is 13.5 Å². The van der Waals surface area contributed by atoms with E-state index in [9.17, 15) is 8.78 Å². The minimum Gasteiger partial charge on any atom is -0.434 e. The fourth-order valence-electron chi connectivity index (χ4n) is 2.84. The Labute approximate surface area is 121 Å². The number of H-pyrrole nitrogens is 1. The van der Waals surface area contributed by atoms with Gasteiger partial charge in [0.05, 0.1) is 17.4 Å². The van der Waals surface area contributed by atoms with Crippen LogP contribution in [-0.4, -0.2) is 16.6 Å².